The zero-order valence-electron chi connectivity index (χ0n) is 14.4. The summed E-state index contributed by atoms with van der Waals surface area (Å²) in [7, 11) is 1.67. The third-order valence-electron chi connectivity index (χ3n) is 3.64. The molecule has 3 rings (SSSR count). The number of halogens is 3. The number of alkyl halides is 3. The third kappa shape index (κ3) is 4.25. The molecule has 1 amide bonds. The molecule has 0 saturated carbocycles. The number of anilines is 1. The summed E-state index contributed by atoms with van der Waals surface area (Å²) in [6.45, 7) is 1.78. The van der Waals surface area contributed by atoms with Gasteiger partial charge in [0, 0.05) is 19.3 Å². The minimum atomic E-state index is -4.50. The van der Waals surface area contributed by atoms with Gasteiger partial charge in [-0.2, -0.15) is 18.3 Å². The molecule has 2 aromatic heterocycles. The van der Waals surface area contributed by atoms with E-state index in [1.165, 1.54) is 35.1 Å². The van der Waals surface area contributed by atoms with Gasteiger partial charge in [-0.15, -0.1) is 0 Å². The van der Waals surface area contributed by atoms with Crippen LogP contribution in [-0.4, -0.2) is 20.7 Å². The van der Waals surface area contributed by atoms with Crippen molar-refractivity contribution < 1.29 is 22.7 Å². The molecule has 0 spiro atoms. The van der Waals surface area contributed by atoms with Gasteiger partial charge in [0.05, 0.1) is 11.3 Å². The largest absolute Gasteiger partial charge is 0.438 e. The molecule has 0 bridgehead atoms. The molecule has 0 atom stereocenters. The molecule has 9 heteroatoms. The first-order valence-electron chi connectivity index (χ1n) is 7.86. The summed E-state index contributed by atoms with van der Waals surface area (Å²) in [6.07, 6.45) is -3.12. The number of aryl methyl sites for hydroxylation is 2. The molecular weight excluding hydrogens is 361 g/mol. The van der Waals surface area contributed by atoms with Gasteiger partial charge < -0.3 is 10.1 Å². The molecular formula is C18H15F3N4O2. The Kier molecular flexibility index (Phi) is 4.85. The highest BCUT2D eigenvalue weighted by Gasteiger charge is 2.30. The Bertz CT molecular complexity index is 983. The van der Waals surface area contributed by atoms with E-state index in [1.807, 2.05) is 0 Å². The second kappa shape index (κ2) is 7.10. The van der Waals surface area contributed by atoms with E-state index < -0.39 is 17.6 Å². The van der Waals surface area contributed by atoms with Crippen LogP contribution in [0.25, 0.3) is 0 Å². The van der Waals surface area contributed by atoms with Crippen molar-refractivity contribution >= 4 is 11.7 Å². The maximum atomic E-state index is 12.9. The van der Waals surface area contributed by atoms with Gasteiger partial charge in [0.1, 0.15) is 17.1 Å². The first-order valence-corrected chi connectivity index (χ1v) is 7.86. The van der Waals surface area contributed by atoms with Crippen LogP contribution in [0.3, 0.4) is 0 Å². The van der Waals surface area contributed by atoms with E-state index in [9.17, 15) is 18.0 Å². The molecule has 2 heterocycles. The SMILES string of the molecule is Cc1cc(NC(=O)c2cccnc2Oc2cccc(C(F)(F)F)c2)n(C)n1. The maximum absolute atomic E-state index is 12.9. The van der Waals surface area contributed by atoms with Crippen molar-refractivity contribution in [3.63, 3.8) is 0 Å². The molecule has 0 aliphatic rings. The molecule has 27 heavy (non-hydrogen) atoms. The van der Waals surface area contributed by atoms with Gasteiger partial charge in [-0.05, 0) is 37.3 Å². The Hall–Kier alpha value is -3.36. The molecule has 0 saturated heterocycles. The number of pyridine rings is 1. The van der Waals surface area contributed by atoms with Gasteiger partial charge in [-0.25, -0.2) is 4.98 Å². The monoisotopic (exact) mass is 376 g/mol. The summed E-state index contributed by atoms with van der Waals surface area (Å²) >= 11 is 0. The molecule has 1 aromatic carbocycles. The summed E-state index contributed by atoms with van der Waals surface area (Å²) in [5.41, 5.74) is -0.0551. The number of nitrogens with zero attached hydrogens (tertiary/aromatic N) is 3. The predicted molar refractivity (Wildman–Crippen MR) is 91.7 cm³/mol. The van der Waals surface area contributed by atoms with E-state index >= 15 is 0 Å². The van der Waals surface area contributed by atoms with Crippen molar-refractivity contribution in [2.24, 2.45) is 7.05 Å². The average Bonchev–Trinajstić information content (AvgIpc) is 2.92. The highest BCUT2D eigenvalue weighted by Crippen LogP contribution is 2.33. The number of benzene rings is 1. The van der Waals surface area contributed by atoms with E-state index in [-0.39, 0.29) is 17.2 Å². The van der Waals surface area contributed by atoms with Crippen molar-refractivity contribution in [1.29, 1.82) is 0 Å². The Balaban J connectivity index is 1.86. The lowest BCUT2D eigenvalue weighted by Crippen LogP contribution is -2.16. The standard InChI is InChI=1S/C18H15F3N4O2/c1-11-9-15(25(2)24-11)23-16(26)14-7-4-8-22-17(14)27-13-6-3-5-12(10-13)18(19,20)21/h3-10H,1-2H3,(H,23,26). The summed E-state index contributed by atoms with van der Waals surface area (Å²) in [6, 6.07) is 9.04. The van der Waals surface area contributed by atoms with E-state index in [4.69, 9.17) is 4.74 Å². The van der Waals surface area contributed by atoms with Crippen LogP contribution in [0.5, 0.6) is 11.6 Å². The second-order valence-corrected chi connectivity index (χ2v) is 5.73. The van der Waals surface area contributed by atoms with Gasteiger partial charge in [0.25, 0.3) is 5.91 Å². The van der Waals surface area contributed by atoms with Crippen LogP contribution in [-0.2, 0) is 13.2 Å². The molecule has 0 unspecified atom stereocenters. The Morgan fingerprint density at radius 2 is 1.96 bits per heavy atom. The first kappa shape index (κ1) is 18.4. The number of amides is 1. The number of rotatable bonds is 4. The van der Waals surface area contributed by atoms with Crippen molar-refractivity contribution in [3.05, 3.63) is 65.5 Å². The normalized spacial score (nSPS) is 11.3. The number of nitrogens with one attached hydrogen (secondary N) is 1. The van der Waals surface area contributed by atoms with E-state index in [1.54, 1.807) is 20.0 Å². The fourth-order valence-corrected chi connectivity index (χ4v) is 2.40. The fraction of sp³-hybridized carbons (Fsp3) is 0.167. The van der Waals surface area contributed by atoms with Gasteiger partial charge in [-0.1, -0.05) is 6.07 Å². The number of carbonyl (C=O) groups is 1. The summed E-state index contributed by atoms with van der Waals surface area (Å²) in [5.74, 6) is -0.235. The van der Waals surface area contributed by atoms with Crippen molar-refractivity contribution in [3.8, 4) is 11.6 Å². The second-order valence-electron chi connectivity index (χ2n) is 5.73. The van der Waals surface area contributed by atoms with E-state index in [2.05, 4.69) is 15.4 Å². The lowest BCUT2D eigenvalue weighted by molar-refractivity contribution is -0.137. The highest BCUT2D eigenvalue weighted by molar-refractivity contribution is 6.05. The molecule has 0 aliphatic heterocycles. The molecule has 1 N–H and O–H groups in total. The highest BCUT2D eigenvalue weighted by atomic mass is 19.4. The van der Waals surface area contributed by atoms with Crippen LogP contribution >= 0.6 is 0 Å². The van der Waals surface area contributed by atoms with Gasteiger partial charge in [-0.3, -0.25) is 9.48 Å². The van der Waals surface area contributed by atoms with Crippen LogP contribution in [0.4, 0.5) is 19.0 Å². The van der Waals surface area contributed by atoms with Crippen molar-refractivity contribution in [1.82, 2.24) is 14.8 Å². The molecule has 3 aromatic rings. The zero-order chi connectivity index (χ0) is 19.6. The smallest absolute Gasteiger partial charge is 0.416 e. The number of carbonyl (C=O) groups excluding carboxylic acids is 1. The quantitative estimate of drug-likeness (QED) is 0.741. The fourth-order valence-electron chi connectivity index (χ4n) is 2.40. The Morgan fingerprint density at radius 3 is 2.63 bits per heavy atom. The van der Waals surface area contributed by atoms with Crippen LogP contribution in [0.2, 0.25) is 0 Å². The maximum Gasteiger partial charge on any atom is 0.416 e. The Morgan fingerprint density at radius 1 is 1.19 bits per heavy atom. The summed E-state index contributed by atoms with van der Waals surface area (Å²) < 4.78 is 45.5. The number of aromatic nitrogens is 3. The van der Waals surface area contributed by atoms with Gasteiger partial charge in [0.15, 0.2) is 0 Å². The van der Waals surface area contributed by atoms with Gasteiger partial charge in [0.2, 0.25) is 5.88 Å². The predicted octanol–water partition coefficient (Wildman–Crippen LogP) is 4.19. The lowest BCUT2D eigenvalue weighted by atomic mass is 10.2. The topological polar surface area (TPSA) is 69.0 Å². The van der Waals surface area contributed by atoms with Crippen LogP contribution in [0.1, 0.15) is 21.6 Å². The lowest BCUT2D eigenvalue weighted by Gasteiger charge is -2.12. The minimum Gasteiger partial charge on any atom is -0.438 e. The van der Waals surface area contributed by atoms with Crippen LogP contribution in [0, 0.1) is 6.92 Å². The molecule has 0 radical (unpaired) electrons. The van der Waals surface area contributed by atoms with Crippen molar-refractivity contribution in [2.75, 3.05) is 5.32 Å². The molecule has 0 fully saturated rings. The van der Waals surface area contributed by atoms with Crippen LogP contribution < -0.4 is 10.1 Å². The van der Waals surface area contributed by atoms with E-state index in [0.717, 1.165) is 17.8 Å². The summed E-state index contributed by atoms with van der Waals surface area (Å²) in [5, 5.41) is 6.80. The summed E-state index contributed by atoms with van der Waals surface area (Å²) in [4.78, 5) is 16.5. The molecule has 140 valence electrons. The van der Waals surface area contributed by atoms with Crippen LogP contribution in [0.15, 0.2) is 48.7 Å². The van der Waals surface area contributed by atoms with E-state index in [0.29, 0.717) is 5.82 Å². The third-order valence-corrected chi connectivity index (χ3v) is 3.64. The minimum absolute atomic E-state index is 0.0750. The number of hydrogen-bond acceptors (Lipinski definition) is 4. The molecule has 6 nitrogen and oxygen atoms in total. The first-order chi connectivity index (χ1) is 12.7. The number of ether oxygens (including phenoxy) is 1. The zero-order valence-corrected chi connectivity index (χ0v) is 14.4. The molecule has 0 aliphatic carbocycles. The van der Waals surface area contributed by atoms with Gasteiger partial charge >= 0.3 is 6.18 Å². The Labute approximate surface area is 152 Å². The van der Waals surface area contributed by atoms with Crippen molar-refractivity contribution in [2.45, 2.75) is 13.1 Å². The average molecular weight is 376 g/mol. The number of hydrogen-bond donors (Lipinski definition) is 1.